The molecule has 1 aromatic rings. The first-order chi connectivity index (χ1) is 7.95. The molecule has 6 heteroatoms. The van der Waals surface area contributed by atoms with Crippen molar-refractivity contribution in [3.05, 3.63) is 29.6 Å². The summed E-state index contributed by atoms with van der Waals surface area (Å²) in [6, 6.07) is 3.25. The van der Waals surface area contributed by atoms with Gasteiger partial charge in [0.05, 0.1) is 13.2 Å². The molecule has 5 nitrogen and oxygen atoms in total. The Morgan fingerprint density at radius 1 is 1.59 bits per heavy atom. The predicted molar refractivity (Wildman–Crippen MR) is 61.6 cm³/mol. The number of likely N-dealkylation sites (N-methyl/N-ethyl adjacent to an activating group) is 1. The molecule has 1 aromatic carbocycles. The Morgan fingerprint density at radius 2 is 2.24 bits per heavy atom. The monoisotopic (exact) mass is 241 g/mol. The number of hydrogen-bond acceptors (Lipinski definition) is 4. The van der Waals surface area contributed by atoms with Gasteiger partial charge < -0.3 is 10.5 Å². The zero-order valence-electron chi connectivity index (χ0n) is 9.81. The minimum Gasteiger partial charge on any atom is -0.496 e. The van der Waals surface area contributed by atoms with Gasteiger partial charge in [0, 0.05) is 13.5 Å². The smallest absolute Gasteiger partial charge is 0.253 e. The van der Waals surface area contributed by atoms with Crippen LogP contribution in [0.1, 0.15) is 5.56 Å². The van der Waals surface area contributed by atoms with Crippen molar-refractivity contribution in [2.45, 2.75) is 12.5 Å². The van der Waals surface area contributed by atoms with Gasteiger partial charge in [-0.1, -0.05) is 0 Å². The highest BCUT2D eigenvalue weighted by Gasteiger charge is 2.18. The lowest BCUT2D eigenvalue weighted by Crippen LogP contribution is -2.46. The quantitative estimate of drug-likeness (QED) is 0.443. The minimum atomic E-state index is -0.819. The van der Waals surface area contributed by atoms with Crippen LogP contribution in [-0.4, -0.2) is 31.1 Å². The summed E-state index contributed by atoms with van der Waals surface area (Å²) in [5.74, 6) is 4.96. The standard InChI is InChI=1S/C11H16FN3O2/c1-15(14)11(16)9(13)6-7-5-8(12)3-4-10(7)17-2/h3-5,9H,6,13-14H2,1-2H3. The third kappa shape index (κ3) is 3.40. The average molecular weight is 241 g/mol. The molecule has 0 spiro atoms. The summed E-state index contributed by atoms with van der Waals surface area (Å²) in [5.41, 5.74) is 6.21. The molecule has 0 radical (unpaired) electrons. The zero-order valence-corrected chi connectivity index (χ0v) is 9.81. The van der Waals surface area contributed by atoms with Crippen LogP contribution in [0.2, 0.25) is 0 Å². The highest BCUT2D eigenvalue weighted by atomic mass is 19.1. The Hall–Kier alpha value is -1.66. The Labute approximate surface area is 99.1 Å². The molecule has 94 valence electrons. The largest absolute Gasteiger partial charge is 0.496 e. The van der Waals surface area contributed by atoms with Crippen molar-refractivity contribution in [3.63, 3.8) is 0 Å². The first-order valence-electron chi connectivity index (χ1n) is 5.06. The minimum absolute atomic E-state index is 0.168. The molecule has 17 heavy (non-hydrogen) atoms. The number of carbonyl (C=O) groups excluding carboxylic acids is 1. The number of methoxy groups -OCH3 is 1. The lowest BCUT2D eigenvalue weighted by Gasteiger charge is -2.17. The Bertz CT molecular complexity index is 410. The molecule has 0 heterocycles. The molecule has 1 unspecified atom stereocenters. The molecule has 0 fully saturated rings. The fraction of sp³-hybridized carbons (Fsp3) is 0.364. The molecule has 0 aliphatic rings. The molecule has 1 rings (SSSR count). The normalized spacial score (nSPS) is 12.1. The van der Waals surface area contributed by atoms with Gasteiger partial charge in [0.2, 0.25) is 0 Å². The van der Waals surface area contributed by atoms with Gasteiger partial charge in [-0.05, 0) is 23.8 Å². The molecule has 0 aliphatic heterocycles. The van der Waals surface area contributed by atoms with Crippen molar-refractivity contribution in [2.24, 2.45) is 11.6 Å². The summed E-state index contributed by atoms with van der Waals surface area (Å²) in [5, 5.41) is 0.913. The number of carbonyl (C=O) groups is 1. The number of benzene rings is 1. The summed E-state index contributed by atoms with van der Waals surface area (Å²) in [6.45, 7) is 0. The summed E-state index contributed by atoms with van der Waals surface area (Å²) in [4.78, 5) is 11.5. The van der Waals surface area contributed by atoms with Crippen LogP contribution in [0, 0.1) is 5.82 Å². The van der Waals surface area contributed by atoms with E-state index in [9.17, 15) is 9.18 Å². The van der Waals surface area contributed by atoms with E-state index >= 15 is 0 Å². The van der Waals surface area contributed by atoms with Gasteiger partial charge in [-0.15, -0.1) is 0 Å². The molecule has 0 aromatic heterocycles. The van der Waals surface area contributed by atoms with Gasteiger partial charge >= 0.3 is 0 Å². The SMILES string of the molecule is COc1ccc(F)cc1CC(N)C(=O)N(C)N. The van der Waals surface area contributed by atoms with E-state index < -0.39 is 17.8 Å². The van der Waals surface area contributed by atoms with Crippen LogP contribution in [0.5, 0.6) is 5.75 Å². The molecule has 4 N–H and O–H groups in total. The third-order valence-corrected chi connectivity index (χ3v) is 2.35. The zero-order chi connectivity index (χ0) is 13.0. The predicted octanol–water partition coefficient (Wildman–Crippen LogP) is 0.0362. The van der Waals surface area contributed by atoms with E-state index in [-0.39, 0.29) is 6.42 Å². The topological polar surface area (TPSA) is 81.6 Å². The van der Waals surface area contributed by atoms with Crippen molar-refractivity contribution in [3.8, 4) is 5.75 Å². The molecular formula is C11H16FN3O2. The maximum atomic E-state index is 13.1. The molecule has 0 aliphatic carbocycles. The first kappa shape index (κ1) is 13.4. The van der Waals surface area contributed by atoms with Crippen LogP contribution >= 0.6 is 0 Å². The second kappa shape index (κ2) is 5.60. The summed E-state index contributed by atoms with van der Waals surface area (Å²) >= 11 is 0. The number of nitrogens with two attached hydrogens (primary N) is 2. The van der Waals surface area contributed by atoms with Crippen LogP contribution in [-0.2, 0) is 11.2 Å². The lowest BCUT2D eigenvalue weighted by molar-refractivity contribution is -0.131. The van der Waals surface area contributed by atoms with Crippen LogP contribution in [0.25, 0.3) is 0 Å². The molecular weight excluding hydrogens is 225 g/mol. The molecule has 0 bridgehead atoms. The summed E-state index contributed by atoms with van der Waals surface area (Å²) in [7, 11) is 2.88. The van der Waals surface area contributed by atoms with E-state index in [2.05, 4.69) is 0 Å². The number of hydrogen-bond donors (Lipinski definition) is 2. The Kier molecular flexibility index (Phi) is 4.42. The molecule has 0 saturated heterocycles. The van der Waals surface area contributed by atoms with E-state index in [4.69, 9.17) is 16.3 Å². The van der Waals surface area contributed by atoms with Crippen LogP contribution < -0.4 is 16.3 Å². The highest BCUT2D eigenvalue weighted by molar-refractivity contribution is 5.81. The lowest BCUT2D eigenvalue weighted by atomic mass is 10.0. The molecule has 1 amide bonds. The Morgan fingerprint density at radius 3 is 2.76 bits per heavy atom. The van der Waals surface area contributed by atoms with E-state index in [1.165, 1.54) is 32.4 Å². The van der Waals surface area contributed by atoms with E-state index in [0.29, 0.717) is 11.3 Å². The number of halogens is 1. The first-order valence-corrected chi connectivity index (χ1v) is 5.06. The number of amides is 1. The molecule has 0 saturated carbocycles. The second-order valence-corrected chi connectivity index (χ2v) is 3.72. The second-order valence-electron chi connectivity index (χ2n) is 3.72. The van der Waals surface area contributed by atoms with Gasteiger partial charge in [-0.25, -0.2) is 10.2 Å². The van der Waals surface area contributed by atoms with E-state index in [1.807, 2.05) is 0 Å². The summed E-state index contributed by atoms with van der Waals surface area (Å²) in [6.07, 6.45) is 0.168. The van der Waals surface area contributed by atoms with Crippen molar-refractivity contribution < 1.29 is 13.9 Å². The Balaban J connectivity index is 2.87. The van der Waals surface area contributed by atoms with Crippen LogP contribution in [0.3, 0.4) is 0 Å². The van der Waals surface area contributed by atoms with Gasteiger partial charge in [0.25, 0.3) is 5.91 Å². The number of nitrogens with zero attached hydrogens (tertiary/aromatic N) is 1. The van der Waals surface area contributed by atoms with E-state index in [0.717, 1.165) is 5.01 Å². The maximum absolute atomic E-state index is 13.1. The van der Waals surface area contributed by atoms with Gasteiger partial charge in [0.1, 0.15) is 11.6 Å². The fourth-order valence-corrected chi connectivity index (χ4v) is 1.49. The maximum Gasteiger partial charge on any atom is 0.253 e. The van der Waals surface area contributed by atoms with Gasteiger partial charge in [-0.3, -0.25) is 9.80 Å². The number of rotatable bonds is 4. The molecule has 1 atom stereocenters. The van der Waals surface area contributed by atoms with Crippen LogP contribution in [0.15, 0.2) is 18.2 Å². The third-order valence-electron chi connectivity index (χ3n) is 2.35. The van der Waals surface area contributed by atoms with Crippen LogP contribution in [0.4, 0.5) is 4.39 Å². The van der Waals surface area contributed by atoms with Crippen molar-refractivity contribution in [2.75, 3.05) is 14.2 Å². The summed E-state index contributed by atoms with van der Waals surface area (Å²) < 4.78 is 18.1. The van der Waals surface area contributed by atoms with Crippen molar-refractivity contribution in [1.82, 2.24) is 5.01 Å². The highest BCUT2D eigenvalue weighted by Crippen LogP contribution is 2.20. The number of hydrazine groups is 1. The van der Waals surface area contributed by atoms with Crippen molar-refractivity contribution in [1.29, 1.82) is 0 Å². The fourth-order valence-electron chi connectivity index (χ4n) is 1.49. The van der Waals surface area contributed by atoms with Crippen molar-refractivity contribution >= 4 is 5.91 Å². The van der Waals surface area contributed by atoms with E-state index in [1.54, 1.807) is 0 Å². The number of ether oxygens (including phenoxy) is 1. The average Bonchev–Trinajstić information content (AvgIpc) is 2.28. The van der Waals surface area contributed by atoms with Gasteiger partial charge in [0.15, 0.2) is 0 Å². The van der Waals surface area contributed by atoms with Gasteiger partial charge in [-0.2, -0.15) is 0 Å².